The average molecular weight is 273 g/mol. The van der Waals surface area contributed by atoms with Gasteiger partial charge in [0.2, 0.25) is 0 Å². The summed E-state index contributed by atoms with van der Waals surface area (Å²) in [6.45, 7) is 0. The summed E-state index contributed by atoms with van der Waals surface area (Å²) < 4.78 is 5.26. The Morgan fingerprint density at radius 1 is 0.952 bits per heavy atom. The van der Waals surface area contributed by atoms with E-state index in [2.05, 4.69) is 6.07 Å². The number of rotatable bonds is 2. The molecule has 100 valence electrons. The molecule has 3 rings (SSSR count). The number of benzene rings is 2. The Morgan fingerprint density at radius 2 is 1.57 bits per heavy atom. The van der Waals surface area contributed by atoms with Crippen molar-refractivity contribution in [3.63, 3.8) is 0 Å². The molecule has 0 bridgehead atoms. The highest BCUT2D eigenvalue weighted by Gasteiger charge is 2.25. The number of esters is 1. The molecule has 0 radical (unpaired) electrons. The van der Waals surface area contributed by atoms with Crippen LogP contribution in [-0.4, -0.2) is 5.97 Å². The van der Waals surface area contributed by atoms with Gasteiger partial charge in [0, 0.05) is 0 Å². The summed E-state index contributed by atoms with van der Waals surface area (Å²) in [5.41, 5.74) is 2.33. The summed E-state index contributed by atoms with van der Waals surface area (Å²) in [7, 11) is 0. The van der Waals surface area contributed by atoms with Crippen LogP contribution >= 0.6 is 0 Å². The smallest absolute Gasteiger partial charge is 0.344 e. The van der Waals surface area contributed by atoms with E-state index in [-0.39, 0.29) is 0 Å². The Kier molecular flexibility index (Phi) is 3.36. The zero-order chi connectivity index (χ0) is 14.7. The van der Waals surface area contributed by atoms with Crippen LogP contribution in [0.4, 0.5) is 0 Å². The van der Waals surface area contributed by atoms with Crippen molar-refractivity contribution in [2.45, 2.75) is 0 Å². The minimum absolute atomic E-state index is 0.299. The molecule has 0 saturated heterocycles. The Morgan fingerprint density at radius 3 is 2.19 bits per heavy atom. The first-order valence-electron chi connectivity index (χ1n) is 6.48. The van der Waals surface area contributed by atoms with E-state index in [4.69, 9.17) is 4.74 Å². The Labute approximate surface area is 122 Å². The second-order valence-corrected chi connectivity index (χ2v) is 4.53. The maximum absolute atomic E-state index is 12.0. The number of carbonyl (C=O) groups is 1. The highest BCUT2D eigenvalue weighted by Crippen LogP contribution is 2.30. The molecular formula is C18H11NO2. The zero-order valence-corrected chi connectivity index (χ0v) is 11.1. The van der Waals surface area contributed by atoms with Gasteiger partial charge >= 0.3 is 5.97 Å². The van der Waals surface area contributed by atoms with E-state index in [9.17, 15) is 10.1 Å². The highest BCUT2D eigenvalue weighted by atomic mass is 16.5. The fraction of sp³-hybridized carbons (Fsp3) is 0. The van der Waals surface area contributed by atoms with Gasteiger partial charge in [0.15, 0.2) is 0 Å². The van der Waals surface area contributed by atoms with Crippen LogP contribution in [0.5, 0.6) is 0 Å². The number of hydrogen-bond donors (Lipinski definition) is 0. The summed E-state index contributed by atoms with van der Waals surface area (Å²) in [6, 6.07) is 20.6. The molecule has 2 aromatic carbocycles. The topological polar surface area (TPSA) is 50.1 Å². The number of cyclic esters (lactones) is 1. The summed E-state index contributed by atoms with van der Waals surface area (Å²) >= 11 is 0. The van der Waals surface area contributed by atoms with Gasteiger partial charge in [-0.15, -0.1) is 0 Å². The van der Waals surface area contributed by atoms with E-state index in [0.29, 0.717) is 16.9 Å². The van der Waals surface area contributed by atoms with Gasteiger partial charge in [0.1, 0.15) is 17.4 Å². The molecule has 1 aliphatic heterocycles. The van der Waals surface area contributed by atoms with E-state index >= 15 is 0 Å². The molecule has 0 saturated carbocycles. The van der Waals surface area contributed by atoms with Crippen LogP contribution in [0, 0.1) is 11.3 Å². The lowest BCUT2D eigenvalue weighted by Crippen LogP contribution is -1.98. The SMILES string of the molecule is N#C/C(=C1\C=C(c2ccccc2)C(=O)O1)c1ccccc1. The third kappa shape index (κ3) is 2.47. The average Bonchev–Trinajstić information content (AvgIpc) is 2.92. The largest absolute Gasteiger partial charge is 0.421 e. The standard InChI is InChI=1S/C18H11NO2/c19-12-16(14-9-5-2-6-10-14)17-11-15(18(20)21-17)13-7-3-1-4-8-13/h1-11H/b17-16-. The number of allylic oxidation sites excluding steroid dienone is 2. The molecule has 0 spiro atoms. The van der Waals surface area contributed by atoms with Gasteiger partial charge in [-0.1, -0.05) is 60.7 Å². The normalized spacial score (nSPS) is 16.0. The van der Waals surface area contributed by atoms with Gasteiger partial charge in [0.25, 0.3) is 0 Å². The molecule has 1 aliphatic rings. The first-order valence-corrected chi connectivity index (χ1v) is 6.48. The quantitative estimate of drug-likeness (QED) is 0.621. The molecule has 0 N–H and O–H groups in total. The summed E-state index contributed by atoms with van der Waals surface area (Å²) in [5.74, 6) is -0.132. The molecule has 0 unspecified atom stereocenters. The minimum Gasteiger partial charge on any atom is -0.421 e. The van der Waals surface area contributed by atoms with Crippen LogP contribution in [0.1, 0.15) is 11.1 Å². The maximum Gasteiger partial charge on any atom is 0.344 e. The van der Waals surface area contributed by atoms with Crippen molar-refractivity contribution in [1.29, 1.82) is 5.26 Å². The van der Waals surface area contributed by atoms with Gasteiger partial charge < -0.3 is 4.74 Å². The summed E-state index contributed by atoms with van der Waals surface area (Å²) in [4.78, 5) is 12.0. The molecule has 0 aliphatic carbocycles. The Balaban J connectivity index is 2.09. The Hall–Kier alpha value is -3.12. The molecule has 21 heavy (non-hydrogen) atoms. The van der Waals surface area contributed by atoms with Crippen LogP contribution < -0.4 is 0 Å². The van der Waals surface area contributed by atoms with Gasteiger partial charge in [-0.3, -0.25) is 0 Å². The van der Waals surface area contributed by atoms with Crippen molar-refractivity contribution in [3.05, 3.63) is 83.6 Å². The molecular weight excluding hydrogens is 262 g/mol. The first-order chi connectivity index (χ1) is 10.3. The molecule has 0 atom stereocenters. The number of nitrogens with zero attached hydrogens (tertiary/aromatic N) is 1. The van der Waals surface area contributed by atoms with Gasteiger partial charge in [-0.2, -0.15) is 5.26 Å². The van der Waals surface area contributed by atoms with Gasteiger partial charge in [-0.05, 0) is 17.2 Å². The lowest BCUT2D eigenvalue weighted by atomic mass is 10.0. The van der Waals surface area contributed by atoms with E-state index in [1.807, 2.05) is 60.7 Å². The number of ether oxygens (including phenoxy) is 1. The molecule has 2 aromatic rings. The lowest BCUT2D eigenvalue weighted by Gasteiger charge is -2.01. The van der Waals surface area contributed by atoms with Crippen LogP contribution in [0.3, 0.4) is 0 Å². The van der Waals surface area contributed by atoms with E-state index in [0.717, 1.165) is 11.1 Å². The molecule has 3 heteroatoms. The number of hydrogen-bond acceptors (Lipinski definition) is 3. The minimum atomic E-state index is -0.431. The van der Waals surface area contributed by atoms with E-state index < -0.39 is 5.97 Å². The fourth-order valence-corrected chi connectivity index (χ4v) is 2.18. The van der Waals surface area contributed by atoms with Gasteiger partial charge in [-0.25, -0.2) is 4.79 Å². The van der Waals surface area contributed by atoms with Gasteiger partial charge in [0.05, 0.1) is 5.57 Å². The van der Waals surface area contributed by atoms with Crippen molar-refractivity contribution in [3.8, 4) is 6.07 Å². The summed E-state index contributed by atoms with van der Waals surface area (Å²) in [6.07, 6.45) is 1.63. The molecule has 0 aromatic heterocycles. The number of carbonyl (C=O) groups excluding carboxylic acids is 1. The lowest BCUT2D eigenvalue weighted by molar-refractivity contribution is -0.131. The zero-order valence-electron chi connectivity index (χ0n) is 11.1. The van der Waals surface area contributed by atoms with E-state index in [1.165, 1.54) is 0 Å². The third-order valence-electron chi connectivity index (χ3n) is 3.20. The first kappa shape index (κ1) is 12.9. The van der Waals surface area contributed by atoms with Crippen LogP contribution in [0.15, 0.2) is 72.5 Å². The second kappa shape index (κ2) is 5.48. The van der Waals surface area contributed by atoms with Crippen molar-refractivity contribution in [2.75, 3.05) is 0 Å². The number of nitriles is 1. The van der Waals surface area contributed by atoms with Crippen molar-refractivity contribution >= 4 is 17.1 Å². The third-order valence-corrected chi connectivity index (χ3v) is 3.20. The molecule has 0 fully saturated rings. The molecule has 3 nitrogen and oxygen atoms in total. The molecule has 0 amide bonds. The van der Waals surface area contributed by atoms with Crippen molar-refractivity contribution in [1.82, 2.24) is 0 Å². The second-order valence-electron chi connectivity index (χ2n) is 4.53. The van der Waals surface area contributed by atoms with E-state index in [1.54, 1.807) is 6.08 Å². The monoisotopic (exact) mass is 273 g/mol. The summed E-state index contributed by atoms with van der Waals surface area (Å²) in [5, 5.41) is 9.35. The van der Waals surface area contributed by atoms with Crippen molar-refractivity contribution in [2.24, 2.45) is 0 Å². The Bertz CT molecular complexity index is 781. The fourth-order valence-electron chi connectivity index (χ4n) is 2.18. The van der Waals surface area contributed by atoms with Crippen molar-refractivity contribution < 1.29 is 9.53 Å². The van der Waals surface area contributed by atoms with Crippen LogP contribution in [0.2, 0.25) is 0 Å². The van der Waals surface area contributed by atoms with Crippen LogP contribution in [-0.2, 0) is 9.53 Å². The van der Waals surface area contributed by atoms with Crippen LogP contribution in [0.25, 0.3) is 11.1 Å². The maximum atomic E-state index is 12.0. The molecule has 1 heterocycles. The highest BCUT2D eigenvalue weighted by molar-refractivity contribution is 6.20. The predicted octanol–water partition coefficient (Wildman–Crippen LogP) is 3.56. The predicted molar refractivity (Wildman–Crippen MR) is 79.5 cm³/mol.